The number of amides is 1. The van der Waals surface area contributed by atoms with Gasteiger partial charge in [0.2, 0.25) is 5.91 Å². The monoisotopic (exact) mass is 310 g/mol. The van der Waals surface area contributed by atoms with Gasteiger partial charge in [0, 0.05) is 31.0 Å². The molecule has 0 bridgehead atoms. The number of aryl methyl sites for hydroxylation is 1. The molecule has 21 heavy (non-hydrogen) atoms. The standard InChI is InChI=1S/C16H22N2O2.ClH/c1-12-4-6-13(7-5-12)15(19)8-9-16(20)18-14-3-2-10-17-11-14;/h4-7,14,17H,2-3,8-11H2,1H3,(H,18,20);1H/t14-;/m0./s1. The molecule has 0 spiro atoms. The van der Waals surface area contributed by atoms with Crippen molar-refractivity contribution < 1.29 is 9.59 Å². The summed E-state index contributed by atoms with van der Waals surface area (Å²) in [6.07, 6.45) is 2.65. The molecule has 0 aromatic heterocycles. The molecule has 2 rings (SSSR count). The fourth-order valence-electron chi connectivity index (χ4n) is 2.39. The second kappa shape index (κ2) is 8.80. The summed E-state index contributed by atoms with van der Waals surface area (Å²) in [6, 6.07) is 7.69. The quantitative estimate of drug-likeness (QED) is 0.820. The molecule has 1 saturated heterocycles. The Hall–Kier alpha value is -1.39. The van der Waals surface area contributed by atoms with Crippen LogP contribution in [-0.2, 0) is 4.79 Å². The molecule has 1 aromatic carbocycles. The molecule has 1 atom stereocenters. The molecule has 4 nitrogen and oxygen atoms in total. The van der Waals surface area contributed by atoms with Gasteiger partial charge in [-0.3, -0.25) is 9.59 Å². The summed E-state index contributed by atoms with van der Waals surface area (Å²) >= 11 is 0. The highest BCUT2D eigenvalue weighted by molar-refractivity contribution is 5.97. The Kier molecular flexibility index (Phi) is 7.40. The summed E-state index contributed by atoms with van der Waals surface area (Å²) in [5.74, 6) is 0.00100. The summed E-state index contributed by atoms with van der Waals surface area (Å²) in [7, 11) is 0. The Bertz CT molecular complexity index is 468. The van der Waals surface area contributed by atoms with E-state index in [9.17, 15) is 9.59 Å². The summed E-state index contributed by atoms with van der Waals surface area (Å²) in [5, 5.41) is 6.24. The van der Waals surface area contributed by atoms with Gasteiger partial charge in [-0.15, -0.1) is 12.4 Å². The fourth-order valence-corrected chi connectivity index (χ4v) is 2.39. The lowest BCUT2D eigenvalue weighted by Crippen LogP contribution is -2.45. The van der Waals surface area contributed by atoms with Gasteiger partial charge in [0.05, 0.1) is 0 Å². The number of nitrogens with one attached hydrogen (secondary N) is 2. The van der Waals surface area contributed by atoms with Crippen molar-refractivity contribution in [2.45, 2.75) is 38.6 Å². The van der Waals surface area contributed by atoms with Crippen molar-refractivity contribution in [2.24, 2.45) is 0 Å². The number of benzene rings is 1. The van der Waals surface area contributed by atoms with Gasteiger partial charge in [-0.1, -0.05) is 29.8 Å². The molecule has 5 heteroatoms. The van der Waals surface area contributed by atoms with E-state index in [-0.39, 0.29) is 43.0 Å². The highest BCUT2D eigenvalue weighted by atomic mass is 35.5. The lowest BCUT2D eigenvalue weighted by atomic mass is 10.0. The first-order valence-electron chi connectivity index (χ1n) is 7.25. The van der Waals surface area contributed by atoms with Crippen LogP contribution in [0.25, 0.3) is 0 Å². The molecule has 1 aliphatic heterocycles. The van der Waals surface area contributed by atoms with Gasteiger partial charge in [0.1, 0.15) is 0 Å². The van der Waals surface area contributed by atoms with E-state index in [0.717, 1.165) is 31.5 Å². The van der Waals surface area contributed by atoms with Gasteiger partial charge in [-0.25, -0.2) is 0 Å². The molecule has 0 unspecified atom stereocenters. The van der Waals surface area contributed by atoms with Crippen molar-refractivity contribution in [2.75, 3.05) is 13.1 Å². The maximum absolute atomic E-state index is 12.0. The van der Waals surface area contributed by atoms with Gasteiger partial charge in [-0.05, 0) is 26.3 Å². The third-order valence-electron chi connectivity index (χ3n) is 3.61. The Balaban J connectivity index is 0.00000220. The summed E-state index contributed by atoms with van der Waals surface area (Å²) in [4.78, 5) is 23.8. The highest BCUT2D eigenvalue weighted by Gasteiger charge is 2.16. The summed E-state index contributed by atoms with van der Waals surface area (Å²) < 4.78 is 0. The lowest BCUT2D eigenvalue weighted by Gasteiger charge is -2.23. The molecular weight excluding hydrogens is 288 g/mol. The van der Waals surface area contributed by atoms with Gasteiger partial charge in [-0.2, -0.15) is 0 Å². The fraction of sp³-hybridized carbons (Fsp3) is 0.500. The van der Waals surface area contributed by atoms with E-state index in [4.69, 9.17) is 0 Å². The normalized spacial score (nSPS) is 17.7. The third kappa shape index (κ3) is 5.86. The molecule has 0 radical (unpaired) electrons. The van der Waals surface area contributed by atoms with Crippen LogP contribution in [0.1, 0.15) is 41.6 Å². The number of piperidine rings is 1. The van der Waals surface area contributed by atoms with Crippen LogP contribution >= 0.6 is 12.4 Å². The average molecular weight is 311 g/mol. The van der Waals surface area contributed by atoms with Crippen LogP contribution in [0.3, 0.4) is 0 Å². The van der Waals surface area contributed by atoms with E-state index in [1.165, 1.54) is 0 Å². The first kappa shape index (κ1) is 17.7. The zero-order chi connectivity index (χ0) is 14.4. The van der Waals surface area contributed by atoms with Crippen LogP contribution in [0.5, 0.6) is 0 Å². The van der Waals surface area contributed by atoms with Crippen LogP contribution in [0, 0.1) is 6.92 Å². The summed E-state index contributed by atoms with van der Waals surface area (Å²) in [6.45, 7) is 3.84. The number of halogens is 1. The smallest absolute Gasteiger partial charge is 0.220 e. The first-order chi connectivity index (χ1) is 9.65. The number of hydrogen-bond donors (Lipinski definition) is 2. The molecule has 116 valence electrons. The van der Waals surface area contributed by atoms with E-state index in [0.29, 0.717) is 5.56 Å². The maximum Gasteiger partial charge on any atom is 0.220 e. The van der Waals surface area contributed by atoms with Crippen LogP contribution in [0.15, 0.2) is 24.3 Å². The number of carbonyl (C=O) groups is 2. The van der Waals surface area contributed by atoms with Crippen LogP contribution < -0.4 is 10.6 Å². The maximum atomic E-state index is 12.0. The molecule has 1 amide bonds. The second-order valence-electron chi connectivity index (χ2n) is 5.40. The van der Waals surface area contributed by atoms with Crippen molar-refractivity contribution in [3.05, 3.63) is 35.4 Å². The number of Topliss-reactive ketones (excluding diaryl/α,β-unsaturated/α-hetero) is 1. The first-order valence-corrected chi connectivity index (χ1v) is 7.25. The average Bonchev–Trinajstić information content (AvgIpc) is 2.46. The molecule has 2 N–H and O–H groups in total. The minimum Gasteiger partial charge on any atom is -0.352 e. The largest absolute Gasteiger partial charge is 0.352 e. The van der Waals surface area contributed by atoms with Crippen LogP contribution in [-0.4, -0.2) is 30.8 Å². The van der Waals surface area contributed by atoms with Crippen molar-refractivity contribution in [3.8, 4) is 0 Å². The van der Waals surface area contributed by atoms with Crippen molar-refractivity contribution >= 4 is 24.1 Å². The van der Waals surface area contributed by atoms with Crippen molar-refractivity contribution in [1.29, 1.82) is 0 Å². The topological polar surface area (TPSA) is 58.2 Å². The van der Waals surface area contributed by atoms with Crippen LogP contribution in [0.2, 0.25) is 0 Å². The zero-order valence-electron chi connectivity index (χ0n) is 12.4. The van der Waals surface area contributed by atoms with E-state index < -0.39 is 0 Å². The molecule has 1 aliphatic rings. The second-order valence-corrected chi connectivity index (χ2v) is 5.40. The van der Waals surface area contributed by atoms with Gasteiger partial charge >= 0.3 is 0 Å². The number of ketones is 1. The molecule has 1 aromatic rings. The molecule has 1 heterocycles. The van der Waals surface area contributed by atoms with E-state index in [1.807, 2.05) is 31.2 Å². The Morgan fingerprint density at radius 1 is 1.24 bits per heavy atom. The predicted octanol–water partition coefficient (Wildman–Crippen LogP) is 2.25. The molecule has 0 saturated carbocycles. The lowest BCUT2D eigenvalue weighted by molar-refractivity contribution is -0.121. The summed E-state index contributed by atoms with van der Waals surface area (Å²) in [5.41, 5.74) is 1.81. The predicted molar refractivity (Wildman–Crippen MR) is 86.0 cm³/mol. The van der Waals surface area contributed by atoms with Crippen molar-refractivity contribution in [1.82, 2.24) is 10.6 Å². The molecule has 1 fully saturated rings. The third-order valence-corrected chi connectivity index (χ3v) is 3.61. The number of rotatable bonds is 5. The van der Waals surface area contributed by atoms with Gasteiger partial charge in [0.25, 0.3) is 0 Å². The Morgan fingerprint density at radius 3 is 2.57 bits per heavy atom. The molecule has 0 aliphatic carbocycles. The van der Waals surface area contributed by atoms with Gasteiger partial charge < -0.3 is 10.6 Å². The zero-order valence-corrected chi connectivity index (χ0v) is 13.2. The minimum absolute atomic E-state index is 0. The van der Waals surface area contributed by atoms with E-state index in [2.05, 4.69) is 10.6 Å². The molecular formula is C16H23ClN2O2. The number of carbonyl (C=O) groups excluding carboxylic acids is 2. The SMILES string of the molecule is Cc1ccc(C(=O)CCC(=O)N[C@H]2CCCNC2)cc1.Cl. The van der Waals surface area contributed by atoms with E-state index in [1.54, 1.807) is 0 Å². The van der Waals surface area contributed by atoms with Gasteiger partial charge in [0.15, 0.2) is 5.78 Å². The number of hydrogen-bond acceptors (Lipinski definition) is 3. The highest BCUT2D eigenvalue weighted by Crippen LogP contribution is 2.08. The van der Waals surface area contributed by atoms with Crippen molar-refractivity contribution in [3.63, 3.8) is 0 Å². The Morgan fingerprint density at radius 2 is 1.95 bits per heavy atom. The van der Waals surface area contributed by atoms with E-state index >= 15 is 0 Å². The Labute approximate surface area is 132 Å². The minimum atomic E-state index is -0.0286. The van der Waals surface area contributed by atoms with Crippen LogP contribution in [0.4, 0.5) is 0 Å².